The van der Waals surface area contributed by atoms with Gasteiger partial charge in [0.15, 0.2) is 0 Å². The van der Waals surface area contributed by atoms with Crippen LogP contribution in [0.15, 0.2) is 18.2 Å². The highest BCUT2D eigenvalue weighted by molar-refractivity contribution is 6.32. The van der Waals surface area contributed by atoms with Crippen molar-refractivity contribution in [2.45, 2.75) is 51.2 Å². The van der Waals surface area contributed by atoms with Gasteiger partial charge in [-0.25, -0.2) is 0 Å². The number of rotatable bonds is 4. The first-order valence-electron chi connectivity index (χ1n) is 6.97. The molecular formula is C15H21ClN2O2. The largest absolute Gasteiger partial charge is 0.489 e. The van der Waals surface area contributed by atoms with Gasteiger partial charge in [-0.1, -0.05) is 24.4 Å². The van der Waals surface area contributed by atoms with Gasteiger partial charge in [0, 0.05) is 5.69 Å². The minimum atomic E-state index is -0.737. The fourth-order valence-electron chi connectivity index (χ4n) is 2.42. The molecule has 0 spiro atoms. The molecule has 110 valence electrons. The van der Waals surface area contributed by atoms with Gasteiger partial charge in [0.05, 0.1) is 16.7 Å². The Balaban J connectivity index is 2.06. The van der Waals surface area contributed by atoms with E-state index in [2.05, 4.69) is 5.32 Å². The van der Waals surface area contributed by atoms with Gasteiger partial charge in [0.1, 0.15) is 5.75 Å². The second-order valence-electron chi connectivity index (χ2n) is 5.63. The summed E-state index contributed by atoms with van der Waals surface area (Å²) in [6.45, 7) is 3.87. The highest BCUT2D eigenvalue weighted by Gasteiger charge is 2.36. The lowest BCUT2D eigenvalue weighted by atomic mass is 9.98. The molecule has 1 aliphatic carbocycles. The van der Waals surface area contributed by atoms with E-state index < -0.39 is 5.54 Å². The SMILES string of the molecule is CC(C)Oc1ccc(NC(=O)C2(N)CCCC2)cc1Cl. The lowest BCUT2D eigenvalue weighted by Gasteiger charge is -2.22. The number of ether oxygens (including phenoxy) is 1. The fraction of sp³-hybridized carbons (Fsp3) is 0.533. The topological polar surface area (TPSA) is 64.3 Å². The minimum Gasteiger partial charge on any atom is -0.489 e. The van der Waals surface area contributed by atoms with Gasteiger partial charge in [0.25, 0.3) is 0 Å². The monoisotopic (exact) mass is 296 g/mol. The molecule has 2 rings (SSSR count). The summed E-state index contributed by atoms with van der Waals surface area (Å²) in [6, 6.07) is 5.23. The standard InChI is InChI=1S/C15H21ClN2O2/c1-10(2)20-13-6-5-11(9-12(13)16)18-14(19)15(17)7-3-4-8-15/h5-6,9-10H,3-4,7-8,17H2,1-2H3,(H,18,19). The summed E-state index contributed by atoms with van der Waals surface area (Å²) < 4.78 is 5.56. The molecule has 0 bridgehead atoms. The number of anilines is 1. The van der Waals surface area contributed by atoms with Gasteiger partial charge in [-0.15, -0.1) is 0 Å². The molecule has 0 aromatic heterocycles. The molecule has 1 aromatic rings. The molecule has 1 aromatic carbocycles. The lowest BCUT2D eigenvalue weighted by molar-refractivity contribution is -0.121. The summed E-state index contributed by atoms with van der Waals surface area (Å²) in [5.74, 6) is 0.478. The number of hydrogen-bond donors (Lipinski definition) is 2. The number of nitrogens with one attached hydrogen (secondary N) is 1. The molecule has 3 N–H and O–H groups in total. The molecule has 0 radical (unpaired) electrons. The molecular weight excluding hydrogens is 276 g/mol. The zero-order chi connectivity index (χ0) is 14.8. The van der Waals surface area contributed by atoms with Gasteiger partial charge in [-0.3, -0.25) is 4.79 Å². The van der Waals surface area contributed by atoms with Crippen molar-refractivity contribution in [3.63, 3.8) is 0 Å². The molecule has 1 aliphatic rings. The Morgan fingerprint density at radius 1 is 1.40 bits per heavy atom. The molecule has 0 saturated heterocycles. The number of benzene rings is 1. The number of halogens is 1. The van der Waals surface area contributed by atoms with Crippen molar-refractivity contribution in [1.29, 1.82) is 0 Å². The summed E-state index contributed by atoms with van der Waals surface area (Å²) in [5, 5.41) is 3.32. The van der Waals surface area contributed by atoms with Gasteiger partial charge >= 0.3 is 0 Å². The zero-order valence-electron chi connectivity index (χ0n) is 11.9. The molecule has 1 fully saturated rings. The smallest absolute Gasteiger partial charge is 0.244 e. The zero-order valence-corrected chi connectivity index (χ0v) is 12.7. The van der Waals surface area contributed by atoms with E-state index in [1.807, 2.05) is 13.8 Å². The minimum absolute atomic E-state index is 0.0544. The van der Waals surface area contributed by atoms with Crippen LogP contribution in [0.5, 0.6) is 5.75 Å². The number of hydrogen-bond acceptors (Lipinski definition) is 3. The summed E-state index contributed by atoms with van der Waals surface area (Å²) in [6.07, 6.45) is 3.54. The Morgan fingerprint density at radius 2 is 2.05 bits per heavy atom. The van der Waals surface area contributed by atoms with Gasteiger partial charge in [0.2, 0.25) is 5.91 Å². The van der Waals surface area contributed by atoms with Crippen LogP contribution in [0.2, 0.25) is 5.02 Å². The third kappa shape index (κ3) is 3.44. The molecule has 0 aliphatic heterocycles. The van der Waals surface area contributed by atoms with Crippen molar-refractivity contribution in [2.75, 3.05) is 5.32 Å². The van der Waals surface area contributed by atoms with Crippen molar-refractivity contribution < 1.29 is 9.53 Å². The average Bonchev–Trinajstić information content (AvgIpc) is 2.81. The second-order valence-corrected chi connectivity index (χ2v) is 6.04. The van der Waals surface area contributed by atoms with E-state index in [4.69, 9.17) is 22.1 Å². The Morgan fingerprint density at radius 3 is 2.60 bits per heavy atom. The molecule has 1 saturated carbocycles. The molecule has 0 atom stereocenters. The first-order chi connectivity index (χ1) is 9.40. The molecule has 1 amide bonds. The number of nitrogens with two attached hydrogens (primary N) is 1. The Kier molecular flexibility index (Phi) is 4.55. The van der Waals surface area contributed by atoms with Crippen LogP contribution >= 0.6 is 11.6 Å². The van der Waals surface area contributed by atoms with Crippen LogP contribution in [0.4, 0.5) is 5.69 Å². The summed E-state index contributed by atoms with van der Waals surface area (Å²) >= 11 is 6.14. The summed E-state index contributed by atoms with van der Waals surface area (Å²) in [4.78, 5) is 12.2. The third-order valence-electron chi connectivity index (χ3n) is 3.50. The lowest BCUT2D eigenvalue weighted by Crippen LogP contribution is -2.48. The maximum Gasteiger partial charge on any atom is 0.244 e. The third-order valence-corrected chi connectivity index (χ3v) is 3.80. The van der Waals surface area contributed by atoms with Crippen molar-refractivity contribution in [3.8, 4) is 5.75 Å². The van der Waals surface area contributed by atoms with Crippen LogP contribution in [0.3, 0.4) is 0 Å². The van der Waals surface area contributed by atoms with Crippen molar-refractivity contribution >= 4 is 23.2 Å². The highest BCUT2D eigenvalue weighted by Crippen LogP contribution is 2.31. The summed E-state index contributed by atoms with van der Waals surface area (Å²) in [5.41, 5.74) is 6.02. The van der Waals surface area contributed by atoms with Gasteiger partial charge < -0.3 is 15.8 Å². The number of amides is 1. The van der Waals surface area contributed by atoms with Crippen LogP contribution in [0.1, 0.15) is 39.5 Å². The van der Waals surface area contributed by atoms with E-state index in [0.717, 1.165) is 25.7 Å². The van der Waals surface area contributed by atoms with E-state index in [0.29, 0.717) is 16.5 Å². The highest BCUT2D eigenvalue weighted by atomic mass is 35.5. The van der Waals surface area contributed by atoms with Crippen LogP contribution in [-0.4, -0.2) is 17.6 Å². The second kappa shape index (κ2) is 6.02. The Bertz CT molecular complexity index is 497. The van der Waals surface area contributed by atoms with Gasteiger partial charge in [-0.05, 0) is 44.9 Å². The molecule has 0 unspecified atom stereocenters. The van der Waals surface area contributed by atoms with Crippen LogP contribution in [0.25, 0.3) is 0 Å². The first-order valence-corrected chi connectivity index (χ1v) is 7.35. The van der Waals surface area contributed by atoms with E-state index in [1.165, 1.54) is 0 Å². The maximum atomic E-state index is 12.2. The molecule has 4 nitrogen and oxygen atoms in total. The van der Waals surface area contributed by atoms with E-state index in [1.54, 1.807) is 18.2 Å². The molecule has 5 heteroatoms. The van der Waals surface area contributed by atoms with E-state index >= 15 is 0 Å². The van der Waals surface area contributed by atoms with Crippen molar-refractivity contribution in [3.05, 3.63) is 23.2 Å². The predicted octanol–water partition coefficient (Wildman–Crippen LogP) is 3.34. The van der Waals surface area contributed by atoms with Crippen molar-refractivity contribution in [2.24, 2.45) is 5.73 Å². The maximum absolute atomic E-state index is 12.2. The van der Waals surface area contributed by atoms with E-state index in [-0.39, 0.29) is 12.0 Å². The quantitative estimate of drug-likeness (QED) is 0.895. The Hall–Kier alpha value is -1.26. The number of carbonyl (C=O) groups excluding carboxylic acids is 1. The van der Waals surface area contributed by atoms with E-state index in [9.17, 15) is 4.79 Å². The van der Waals surface area contributed by atoms with Crippen LogP contribution < -0.4 is 15.8 Å². The van der Waals surface area contributed by atoms with Crippen LogP contribution in [0, 0.1) is 0 Å². The van der Waals surface area contributed by atoms with Crippen molar-refractivity contribution in [1.82, 2.24) is 0 Å². The normalized spacial score (nSPS) is 17.2. The molecule has 0 heterocycles. The molecule has 20 heavy (non-hydrogen) atoms. The average molecular weight is 297 g/mol. The van der Waals surface area contributed by atoms with Gasteiger partial charge in [-0.2, -0.15) is 0 Å². The Labute approximate surface area is 124 Å². The summed E-state index contributed by atoms with van der Waals surface area (Å²) in [7, 11) is 0. The first kappa shape index (κ1) is 15.1. The fourth-order valence-corrected chi connectivity index (χ4v) is 2.64. The van der Waals surface area contributed by atoms with Crippen LogP contribution in [-0.2, 0) is 4.79 Å². The number of carbonyl (C=O) groups is 1. The predicted molar refractivity (Wildman–Crippen MR) is 81.2 cm³/mol.